The second-order valence-corrected chi connectivity index (χ2v) is 4.73. The minimum atomic E-state index is -0.156. The Morgan fingerprint density at radius 2 is 2.00 bits per heavy atom. The van der Waals surface area contributed by atoms with Crippen molar-refractivity contribution in [2.45, 2.75) is 13.3 Å². The molecule has 1 heterocycles. The average Bonchev–Trinajstić information content (AvgIpc) is 2.94. The highest BCUT2D eigenvalue weighted by atomic mass is 16.5. The molecular weight excluding hydrogens is 268 g/mol. The first-order valence-electron chi connectivity index (χ1n) is 6.87. The van der Waals surface area contributed by atoms with Crippen LogP contribution in [0.1, 0.15) is 22.5 Å². The Morgan fingerprint density at radius 1 is 1.29 bits per heavy atom. The number of nitrogens with two attached hydrogens (primary N) is 1. The molecule has 0 spiro atoms. The molecule has 0 unspecified atom stereocenters. The topological polar surface area (TPSA) is 68.7 Å². The zero-order valence-electron chi connectivity index (χ0n) is 12.3. The van der Waals surface area contributed by atoms with Gasteiger partial charge in [-0.15, -0.1) is 0 Å². The number of rotatable bonds is 6. The standard InChI is InChI=1S/C16H20N2O3/c1-12-8-11-21-15(12)16(19)18(10-3-9-17)13-4-6-14(20-2)7-5-13/h4-8,11H,3,9-10,17H2,1-2H3. The van der Waals surface area contributed by atoms with Crippen LogP contribution in [0, 0.1) is 6.92 Å². The quantitative estimate of drug-likeness (QED) is 0.887. The first-order valence-corrected chi connectivity index (χ1v) is 6.87. The van der Waals surface area contributed by atoms with Crippen molar-refractivity contribution in [1.29, 1.82) is 0 Å². The summed E-state index contributed by atoms with van der Waals surface area (Å²) in [5, 5.41) is 0. The van der Waals surface area contributed by atoms with Crippen LogP contribution in [0.15, 0.2) is 41.0 Å². The van der Waals surface area contributed by atoms with Gasteiger partial charge < -0.3 is 19.8 Å². The van der Waals surface area contributed by atoms with E-state index in [-0.39, 0.29) is 5.91 Å². The third kappa shape index (κ3) is 3.44. The van der Waals surface area contributed by atoms with E-state index in [1.165, 1.54) is 6.26 Å². The maximum atomic E-state index is 12.6. The van der Waals surface area contributed by atoms with Gasteiger partial charge in [-0.05, 0) is 50.2 Å². The Kier molecular flexibility index (Phi) is 5.00. The summed E-state index contributed by atoms with van der Waals surface area (Å²) in [6.45, 7) is 2.92. The van der Waals surface area contributed by atoms with Gasteiger partial charge in [0, 0.05) is 17.8 Å². The molecule has 0 aliphatic heterocycles. The van der Waals surface area contributed by atoms with Crippen LogP contribution in [0.25, 0.3) is 0 Å². The Hall–Kier alpha value is -2.27. The summed E-state index contributed by atoms with van der Waals surface area (Å²) in [5.41, 5.74) is 7.19. The molecule has 0 atom stereocenters. The van der Waals surface area contributed by atoms with Crippen molar-refractivity contribution in [2.75, 3.05) is 25.1 Å². The zero-order valence-corrected chi connectivity index (χ0v) is 12.3. The SMILES string of the molecule is COc1ccc(N(CCCN)C(=O)c2occc2C)cc1. The maximum absolute atomic E-state index is 12.6. The number of aryl methyl sites for hydroxylation is 1. The van der Waals surface area contributed by atoms with Crippen molar-refractivity contribution in [3.63, 3.8) is 0 Å². The number of methoxy groups -OCH3 is 1. The predicted molar refractivity (Wildman–Crippen MR) is 81.8 cm³/mol. The van der Waals surface area contributed by atoms with Gasteiger partial charge in [-0.1, -0.05) is 0 Å². The summed E-state index contributed by atoms with van der Waals surface area (Å²) in [6.07, 6.45) is 2.25. The molecule has 0 radical (unpaired) electrons. The van der Waals surface area contributed by atoms with Crippen molar-refractivity contribution in [3.05, 3.63) is 47.9 Å². The summed E-state index contributed by atoms with van der Waals surface area (Å²) in [4.78, 5) is 14.3. The summed E-state index contributed by atoms with van der Waals surface area (Å²) in [6, 6.07) is 9.14. The van der Waals surface area contributed by atoms with E-state index in [2.05, 4.69) is 0 Å². The number of nitrogens with zero attached hydrogens (tertiary/aromatic N) is 1. The second kappa shape index (κ2) is 6.95. The molecule has 1 aromatic heterocycles. The lowest BCUT2D eigenvalue weighted by molar-refractivity contribution is 0.0959. The lowest BCUT2D eigenvalue weighted by Gasteiger charge is -2.22. The van der Waals surface area contributed by atoms with Crippen LogP contribution in [0.2, 0.25) is 0 Å². The van der Waals surface area contributed by atoms with Crippen LogP contribution in [-0.4, -0.2) is 26.1 Å². The van der Waals surface area contributed by atoms with E-state index in [4.69, 9.17) is 14.9 Å². The largest absolute Gasteiger partial charge is 0.497 e. The number of hydrogen-bond donors (Lipinski definition) is 1. The molecule has 0 fully saturated rings. The van der Waals surface area contributed by atoms with Crippen LogP contribution in [0.5, 0.6) is 5.75 Å². The highest BCUT2D eigenvalue weighted by Gasteiger charge is 2.21. The third-order valence-electron chi connectivity index (χ3n) is 3.27. The maximum Gasteiger partial charge on any atom is 0.294 e. The van der Waals surface area contributed by atoms with E-state index in [0.717, 1.165) is 23.4 Å². The molecule has 2 N–H and O–H groups in total. The summed E-state index contributed by atoms with van der Waals surface area (Å²) >= 11 is 0. The van der Waals surface area contributed by atoms with Gasteiger partial charge in [0.15, 0.2) is 5.76 Å². The number of amides is 1. The summed E-state index contributed by atoms with van der Waals surface area (Å²) < 4.78 is 10.4. The average molecular weight is 288 g/mol. The lowest BCUT2D eigenvalue weighted by atomic mass is 10.2. The number of anilines is 1. The fraction of sp³-hybridized carbons (Fsp3) is 0.312. The Labute approximate surface area is 124 Å². The minimum absolute atomic E-state index is 0.156. The van der Waals surface area contributed by atoms with E-state index in [9.17, 15) is 4.79 Å². The molecule has 2 rings (SSSR count). The molecule has 0 saturated carbocycles. The van der Waals surface area contributed by atoms with Gasteiger partial charge in [0.2, 0.25) is 0 Å². The number of hydrogen-bond acceptors (Lipinski definition) is 4. The molecule has 0 bridgehead atoms. The first kappa shape index (κ1) is 15.1. The van der Waals surface area contributed by atoms with Crippen molar-refractivity contribution in [1.82, 2.24) is 0 Å². The molecule has 0 saturated heterocycles. The van der Waals surface area contributed by atoms with Gasteiger partial charge >= 0.3 is 0 Å². The predicted octanol–water partition coefficient (Wildman–Crippen LogP) is 2.59. The van der Waals surface area contributed by atoms with Crippen LogP contribution in [-0.2, 0) is 0 Å². The van der Waals surface area contributed by atoms with Gasteiger partial charge in [-0.3, -0.25) is 4.79 Å². The van der Waals surface area contributed by atoms with E-state index in [1.54, 1.807) is 18.1 Å². The van der Waals surface area contributed by atoms with Gasteiger partial charge in [-0.2, -0.15) is 0 Å². The van der Waals surface area contributed by atoms with Crippen molar-refractivity contribution in [2.24, 2.45) is 5.73 Å². The number of furan rings is 1. The third-order valence-corrected chi connectivity index (χ3v) is 3.27. The highest BCUT2D eigenvalue weighted by molar-refractivity contribution is 6.05. The first-order chi connectivity index (χ1) is 10.2. The molecule has 0 aliphatic rings. The molecule has 21 heavy (non-hydrogen) atoms. The molecule has 112 valence electrons. The Morgan fingerprint density at radius 3 is 2.52 bits per heavy atom. The van der Waals surface area contributed by atoms with Crippen LogP contribution >= 0.6 is 0 Å². The number of ether oxygens (including phenoxy) is 1. The zero-order chi connectivity index (χ0) is 15.2. The van der Waals surface area contributed by atoms with Crippen molar-refractivity contribution < 1.29 is 13.9 Å². The van der Waals surface area contributed by atoms with Gasteiger partial charge in [0.25, 0.3) is 5.91 Å². The fourth-order valence-corrected chi connectivity index (χ4v) is 2.07. The number of carbonyl (C=O) groups excluding carboxylic acids is 1. The molecule has 1 amide bonds. The van der Waals surface area contributed by atoms with Gasteiger partial charge in [0.05, 0.1) is 13.4 Å². The summed E-state index contributed by atoms with van der Waals surface area (Å²) in [5.74, 6) is 0.957. The molecule has 5 heteroatoms. The Balaban J connectivity index is 2.28. The molecule has 2 aromatic rings. The van der Waals surface area contributed by atoms with E-state index >= 15 is 0 Å². The van der Waals surface area contributed by atoms with E-state index in [0.29, 0.717) is 18.8 Å². The monoisotopic (exact) mass is 288 g/mol. The van der Waals surface area contributed by atoms with Crippen LogP contribution in [0.4, 0.5) is 5.69 Å². The van der Waals surface area contributed by atoms with Gasteiger partial charge in [0.1, 0.15) is 5.75 Å². The van der Waals surface area contributed by atoms with Crippen molar-refractivity contribution >= 4 is 11.6 Å². The molecule has 0 aliphatic carbocycles. The molecule has 5 nitrogen and oxygen atoms in total. The molecular formula is C16H20N2O3. The van der Waals surface area contributed by atoms with Gasteiger partial charge in [-0.25, -0.2) is 0 Å². The normalized spacial score (nSPS) is 10.4. The van der Waals surface area contributed by atoms with Crippen LogP contribution in [0.3, 0.4) is 0 Å². The Bertz CT molecular complexity index is 590. The van der Waals surface area contributed by atoms with Crippen molar-refractivity contribution in [3.8, 4) is 5.75 Å². The second-order valence-electron chi connectivity index (χ2n) is 4.73. The highest BCUT2D eigenvalue weighted by Crippen LogP contribution is 2.22. The van der Waals surface area contributed by atoms with E-state index in [1.807, 2.05) is 31.2 Å². The van der Waals surface area contributed by atoms with E-state index < -0.39 is 0 Å². The number of carbonyl (C=O) groups is 1. The minimum Gasteiger partial charge on any atom is -0.497 e. The number of benzene rings is 1. The summed E-state index contributed by atoms with van der Waals surface area (Å²) in [7, 11) is 1.61. The lowest BCUT2D eigenvalue weighted by Crippen LogP contribution is -2.33. The van der Waals surface area contributed by atoms with Crippen LogP contribution < -0.4 is 15.4 Å². The molecule has 1 aromatic carbocycles. The smallest absolute Gasteiger partial charge is 0.294 e. The fourth-order valence-electron chi connectivity index (χ4n) is 2.07.